The molecular weight excluding hydrogens is 338 g/mol. The number of likely N-dealkylation sites (tertiary alicyclic amines) is 1. The van der Waals surface area contributed by atoms with E-state index >= 15 is 0 Å². The van der Waals surface area contributed by atoms with Gasteiger partial charge in [-0.05, 0) is 25.2 Å². The number of hydrogen-bond donors (Lipinski definition) is 2. The van der Waals surface area contributed by atoms with E-state index in [4.69, 9.17) is 0 Å². The maximum atomic E-state index is 12.7. The Bertz CT molecular complexity index is 731. The van der Waals surface area contributed by atoms with E-state index in [0.29, 0.717) is 19.5 Å². The van der Waals surface area contributed by atoms with Crippen molar-refractivity contribution in [2.45, 2.75) is 52.7 Å². The second-order valence-corrected chi connectivity index (χ2v) is 9.27. The van der Waals surface area contributed by atoms with Gasteiger partial charge in [0.05, 0.1) is 11.9 Å². The number of nitrogens with one attached hydrogen (secondary N) is 1. The summed E-state index contributed by atoms with van der Waals surface area (Å²) < 4.78 is 1.77. The summed E-state index contributed by atoms with van der Waals surface area (Å²) in [6.45, 7) is 10.4. The van der Waals surface area contributed by atoms with Gasteiger partial charge in [-0.15, -0.1) is 0 Å². The molecule has 1 atom stereocenters. The third-order valence-corrected chi connectivity index (χ3v) is 5.12. The van der Waals surface area contributed by atoms with Crippen molar-refractivity contribution in [1.82, 2.24) is 24.8 Å². The summed E-state index contributed by atoms with van der Waals surface area (Å²) in [6, 6.07) is 0. The summed E-state index contributed by atoms with van der Waals surface area (Å²) in [5.41, 5.74) is -0.443. The Kier molecular flexibility index (Phi) is 4.87. The minimum atomic E-state index is -1.32. The Balaban J connectivity index is 1.58. The van der Waals surface area contributed by atoms with Crippen molar-refractivity contribution >= 4 is 22.2 Å². The predicted molar refractivity (Wildman–Crippen MR) is 97.5 cm³/mol. The first-order chi connectivity index (χ1) is 11.7. The molecule has 0 radical (unpaired) electrons. The third-order valence-electron chi connectivity index (χ3n) is 4.29. The van der Waals surface area contributed by atoms with Gasteiger partial charge in [0.2, 0.25) is 4.96 Å². The molecule has 0 bridgehead atoms. The molecule has 7 nitrogen and oxygen atoms in total. The Labute approximate surface area is 152 Å². The first-order valence-corrected chi connectivity index (χ1v) is 9.52. The van der Waals surface area contributed by atoms with Gasteiger partial charge < -0.3 is 15.3 Å². The van der Waals surface area contributed by atoms with Crippen molar-refractivity contribution in [3.05, 3.63) is 16.9 Å². The van der Waals surface area contributed by atoms with Gasteiger partial charge in [0.15, 0.2) is 5.60 Å². The van der Waals surface area contributed by atoms with E-state index < -0.39 is 5.60 Å². The maximum absolute atomic E-state index is 12.7. The molecule has 0 aromatic carbocycles. The third kappa shape index (κ3) is 4.19. The van der Waals surface area contributed by atoms with Crippen LogP contribution < -0.4 is 5.32 Å². The molecule has 2 aromatic heterocycles. The highest BCUT2D eigenvalue weighted by atomic mass is 32.1. The number of fused-ring (bicyclic) bond motifs is 1. The van der Waals surface area contributed by atoms with E-state index in [9.17, 15) is 9.90 Å². The number of piperidine rings is 1. The number of amides is 1. The fourth-order valence-electron chi connectivity index (χ4n) is 3.28. The van der Waals surface area contributed by atoms with Crippen LogP contribution in [0.5, 0.6) is 0 Å². The molecular formula is C17H27N5O2S. The highest BCUT2D eigenvalue weighted by molar-refractivity contribution is 7.16. The summed E-state index contributed by atoms with van der Waals surface area (Å²) >= 11 is 1.54. The second-order valence-electron chi connectivity index (χ2n) is 8.11. The Hall–Kier alpha value is -1.51. The van der Waals surface area contributed by atoms with Gasteiger partial charge in [0.1, 0.15) is 5.01 Å². The molecule has 3 rings (SSSR count). The Morgan fingerprint density at radius 1 is 1.44 bits per heavy atom. The van der Waals surface area contributed by atoms with Crippen LogP contribution in [0.25, 0.3) is 4.96 Å². The number of imidazole rings is 1. The van der Waals surface area contributed by atoms with Crippen LogP contribution in [-0.4, -0.2) is 55.7 Å². The number of carbonyl (C=O) groups excluding carboxylic acids is 1. The number of carbonyl (C=O) groups is 1. The average molecular weight is 366 g/mol. The van der Waals surface area contributed by atoms with Crippen molar-refractivity contribution in [3.8, 4) is 0 Å². The van der Waals surface area contributed by atoms with E-state index in [1.54, 1.807) is 20.8 Å². The molecule has 0 saturated carbocycles. The minimum absolute atomic E-state index is 0.0225. The van der Waals surface area contributed by atoms with Crippen LogP contribution in [0.2, 0.25) is 0 Å². The lowest BCUT2D eigenvalue weighted by molar-refractivity contribution is -0.158. The summed E-state index contributed by atoms with van der Waals surface area (Å²) in [7, 11) is 0. The molecule has 25 heavy (non-hydrogen) atoms. The quantitative estimate of drug-likeness (QED) is 0.841. The number of hydrogen-bond acceptors (Lipinski definition) is 6. The van der Waals surface area contributed by atoms with Gasteiger partial charge >= 0.3 is 0 Å². The van der Waals surface area contributed by atoms with Gasteiger partial charge in [0.25, 0.3) is 5.91 Å². The number of nitrogens with zero attached hydrogens (tertiary/aromatic N) is 4. The van der Waals surface area contributed by atoms with E-state index in [1.807, 2.05) is 13.1 Å². The fraction of sp³-hybridized carbons (Fsp3) is 0.706. The van der Waals surface area contributed by atoms with Crippen LogP contribution in [0, 0.1) is 12.3 Å². The van der Waals surface area contributed by atoms with Gasteiger partial charge in [-0.25, -0.2) is 9.50 Å². The van der Waals surface area contributed by atoms with Crippen LogP contribution in [-0.2, 0) is 11.3 Å². The molecule has 1 aliphatic heterocycles. The highest BCUT2D eigenvalue weighted by Gasteiger charge is 2.42. The number of rotatable bonds is 5. The predicted octanol–water partition coefficient (Wildman–Crippen LogP) is 1.59. The smallest absolute Gasteiger partial charge is 0.255 e. The van der Waals surface area contributed by atoms with E-state index in [1.165, 1.54) is 0 Å². The van der Waals surface area contributed by atoms with Crippen molar-refractivity contribution in [1.29, 1.82) is 0 Å². The van der Waals surface area contributed by atoms with E-state index in [-0.39, 0.29) is 17.9 Å². The standard InChI is InChI=1S/C17H27N5O2S/c1-12-20-22-9-13(19-15(22)25-12)8-18-10-17(24)6-5-7-21(14(17)23)11-16(2,3)4/h9,18,24H,5-8,10-11H2,1-4H3. The molecule has 1 saturated heterocycles. The van der Waals surface area contributed by atoms with E-state index in [0.717, 1.165) is 28.6 Å². The van der Waals surface area contributed by atoms with Crippen LogP contribution in [0.3, 0.4) is 0 Å². The van der Waals surface area contributed by atoms with Crippen molar-refractivity contribution in [2.75, 3.05) is 19.6 Å². The molecule has 1 fully saturated rings. The molecule has 0 aliphatic carbocycles. The fourth-order valence-corrected chi connectivity index (χ4v) is 4.02. The lowest BCUT2D eigenvalue weighted by Crippen LogP contribution is -2.59. The summed E-state index contributed by atoms with van der Waals surface area (Å²) in [5, 5.41) is 19.3. The Morgan fingerprint density at radius 2 is 2.20 bits per heavy atom. The zero-order chi connectivity index (χ0) is 18.2. The number of aryl methyl sites for hydroxylation is 1. The molecule has 2 N–H and O–H groups in total. The average Bonchev–Trinajstić information content (AvgIpc) is 2.99. The topological polar surface area (TPSA) is 82.8 Å². The van der Waals surface area contributed by atoms with Gasteiger partial charge in [-0.1, -0.05) is 32.1 Å². The normalized spacial score (nSPS) is 22.1. The van der Waals surface area contributed by atoms with Gasteiger partial charge in [-0.3, -0.25) is 4.79 Å². The zero-order valence-electron chi connectivity index (χ0n) is 15.4. The molecule has 138 valence electrons. The van der Waals surface area contributed by atoms with Gasteiger partial charge in [0, 0.05) is 26.2 Å². The molecule has 3 heterocycles. The van der Waals surface area contributed by atoms with Crippen LogP contribution in [0.1, 0.15) is 44.3 Å². The number of aliphatic hydroxyl groups is 1. The molecule has 2 aromatic rings. The van der Waals surface area contributed by atoms with Crippen LogP contribution in [0.15, 0.2) is 6.20 Å². The van der Waals surface area contributed by atoms with Crippen molar-refractivity contribution in [2.24, 2.45) is 5.41 Å². The first kappa shape index (κ1) is 18.3. The summed E-state index contributed by atoms with van der Waals surface area (Å²) in [4.78, 5) is 19.9. The molecule has 8 heteroatoms. The summed E-state index contributed by atoms with van der Waals surface area (Å²) in [6.07, 6.45) is 3.20. The molecule has 1 unspecified atom stereocenters. The molecule has 1 amide bonds. The van der Waals surface area contributed by atoms with Crippen LogP contribution in [0.4, 0.5) is 0 Å². The summed E-state index contributed by atoms with van der Waals surface area (Å²) in [5.74, 6) is -0.163. The van der Waals surface area contributed by atoms with Gasteiger partial charge in [-0.2, -0.15) is 5.10 Å². The second kappa shape index (κ2) is 6.66. The van der Waals surface area contributed by atoms with E-state index in [2.05, 4.69) is 36.2 Å². The van der Waals surface area contributed by atoms with Crippen molar-refractivity contribution < 1.29 is 9.90 Å². The minimum Gasteiger partial charge on any atom is -0.379 e. The monoisotopic (exact) mass is 365 g/mol. The molecule has 0 spiro atoms. The maximum Gasteiger partial charge on any atom is 0.255 e. The van der Waals surface area contributed by atoms with Crippen LogP contribution >= 0.6 is 11.3 Å². The lowest BCUT2D eigenvalue weighted by atomic mass is 9.88. The SMILES string of the molecule is Cc1nn2cc(CNCC3(O)CCCN(CC(C)(C)C)C3=O)nc2s1. The highest BCUT2D eigenvalue weighted by Crippen LogP contribution is 2.26. The zero-order valence-corrected chi connectivity index (χ0v) is 16.2. The lowest BCUT2D eigenvalue weighted by Gasteiger charge is -2.40. The Morgan fingerprint density at radius 3 is 2.88 bits per heavy atom. The van der Waals surface area contributed by atoms with Crippen molar-refractivity contribution in [3.63, 3.8) is 0 Å². The largest absolute Gasteiger partial charge is 0.379 e. The first-order valence-electron chi connectivity index (χ1n) is 8.70. The number of aromatic nitrogens is 3. The molecule has 1 aliphatic rings.